The molecule has 0 radical (unpaired) electrons. The molecule has 1 aromatic rings. The summed E-state index contributed by atoms with van der Waals surface area (Å²) < 4.78 is 64.6. The van der Waals surface area contributed by atoms with Gasteiger partial charge in [-0.1, -0.05) is 6.07 Å². The summed E-state index contributed by atoms with van der Waals surface area (Å²) in [4.78, 5) is 10.3. The van der Waals surface area contributed by atoms with Gasteiger partial charge < -0.3 is 4.74 Å². The van der Waals surface area contributed by atoms with Crippen LogP contribution in [-0.2, 0) is 25.5 Å². The third-order valence-electron chi connectivity index (χ3n) is 2.06. The van der Waals surface area contributed by atoms with E-state index < -0.39 is 38.2 Å². The van der Waals surface area contributed by atoms with Crippen LogP contribution in [0.1, 0.15) is 5.56 Å². The molecule has 0 saturated carbocycles. The number of halogens is 3. The molecular weight excluding hydrogens is 273 g/mol. The van der Waals surface area contributed by atoms with E-state index in [1.165, 1.54) is 0 Å². The number of carbonyl (C=O) groups excluding carboxylic acids is 1. The van der Waals surface area contributed by atoms with Crippen molar-refractivity contribution in [1.29, 1.82) is 0 Å². The summed E-state index contributed by atoms with van der Waals surface area (Å²) in [5, 5.41) is 0. The average Bonchev–Trinajstić information content (AvgIpc) is 2.27. The number of benzene rings is 1. The molecule has 0 unspecified atom stereocenters. The van der Waals surface area contributed by atoms with Crippen LogP contribution in [0.25, 0.3) is 0 Å². The highest BCUT2D eigenvalue weighted by atomic mass is 32.2. The minimum atomic E-state index is -4.64. The monoisotopic (exact) mass is 282 g/mol. The van der Waals surface area contributed by atoms with Crippen LogP contribution < -0.4 is 0 Å². The number of esters is 1. The quantitative estimate of drug-likeness (QED) is 0.791. The van der Waals surface area contributed by atoms with Gasteiger partial charge in [-0.25, -0.2) is 8.42 Å². The molecule has 0 atom stereocenters. The van der Waals surface area contributed by atoms with E-state index in [0.717, 1.165) is 25.3 Å². The number of rotatable bonds is 3. The molecular formula is C10H9F3O4S. The average molecular weight is 282 g/mol. The summed E-state index contributed by atoms with van der Waals surface area (Å²) in [6.07, 6.45) is -4.64. The predicted octanol–water partition coefficient (Wildman–Crippen LogP) is 1.65. The second-order valence-corrected chi connectivity index (χ2v) is 5.35. The van der Waals surface area contributed by atoms with Crippen molar-refractivity contribution < 1.29 is 31.1 Å². The number of alkyl halides is 3. The van der Waals surface area contributed by atoms with Gasteiger partial charge in [0.25, 0.3) is 0 Å². The van der Waals surface area contributed by atoms with Crippen LogP contribution >= 0.6 is 0 Å². The van der Waals surface area contributed by atoms with E-state index in [1.807, 2.05) is 0 Å². The van der Waals surface area contributed by atoms with E-state index in [1.54, 1.807) is 0 Å². The van der Waals surface area contributed by atoms with Crippen LogP contribution in [-0.4, -0.2) is 27.2 Å². The fourth-order valence-corrected chi connectivity index (χ4v) is 2.35. The molecule has 0 aliphatic rings. The van der Waals surface area contributed by atoms with Crippen molar-refractivity contribution in [3.05, 3.63) is 29.8 Å². The zero-order valence-electron chi connectivity index (χ0n) is 9.19. The maximum atomic E-state index is 12.4. The molecule has 1 aromatic carbocycles. The Balaban J connectivity index is 3.15. The Hall–Kier alpha value is -1.57. The van der Waals surface area contributed by atoms with Gasteiger partial charge in [-0.2, -0.15) is 13.2 Å². The van der Waals surface area contributed by atoms with Crippen molar-refractivity contribution in [2.24, 2.45) is 0 Å². The van der Waals surface area contributed by atoms with Gasteiger partial charge in [0.15, 0.2) is 15.6 Å². The van der Waals surface area contributed by atoms with Crippen LogP contribution in [0, 0.1) is 0 Å². The Morgan fingerprint density at radius 3 is 2.44 bits per heavy atom. The molecule has 1 rings (SSSR count). The Labute approximate surface area is 101 Å². The molecule has 0 aliphatic heterocycles. The Kier molecular flexibility index (Phi) is 4.00. The molecule has 0 aromatic heterocycles. The maximum Gasteiger partial charge on any atom is 0.416 e. The van der Waals surface area contributed by atoms with Gasteiger partial charge in [0.1, 0.15) is 0 Å². The van der Waals surface area contributed by atoms with Crippen molar-refractivity contribution in [3.8, 4) is 0 Å². The highest BCUT2D eigenvalue weighted by Gasteiger charge is 2.32. The third kappa shape index (κ3) is 3.46. The lowest BCUT2D eigenvalue weighted by Gasteiger charge is -2.08. The number of carbonyl (C=O) groups is 1. The molecule has 0 amide bonds. The molecule has 0 saturated heterocycles. The smallest absolute Gasteiger partial charge is 0.416 e. The second kappa shape index (κ2) is 4.97. The van der Waals surface area contributed by atoms with Crippen LogP contribution in [0.15, 0.2) is 29.2 Å². The first-order chi connectivity index (χ1) is 8.16. The summed E-state index contributed by atoms with van der Waals surface area (Å²) in [7, 11) is -3.14. The highest BCUT2D eigenvalue weighted by molar-refractivity contribution is 7.92. The lowest BCUT2D eigenvalue weighted by atomic mass is 10.2. The van der Waals surface area contributed by atoms with E-state index in [2.05, 4.69) is 4.74 Å². The largest absolute Gasteiger partial charge is 0.468 e. The first kappa shape index (κ1) is 14.5. The van der Waals surface area contributed by atoms with E-state index in [0.29, 0.717) is 6.07 Å². The number of ether oxygens (including phenoxy) is 1. The highest BCUT2D eigenvalue weighted by Crippen LogP contribution is 2.30. The fourth-order valence-electron chi connectivity index (χ4n) is 1.16. The lowest BCUT2D eigenvalue weighted by Crippen LogP contribution is -2.18. The zero-order chi connectivity index (χ0) is 14.0. The van der Waals surface area contributed by atoms with Crippen LogP contribution in [0.2, 0.25) is 0 Å². The van der Waals surface area contributed by atoms with Gasteiger partial charge in [0, 0.05) is 0 Å². The summed E-state index contributed by atoms with van der Waals surface area (Å²) in [6, 6.07) is 3.19. The number of sulfone groups is 1. The molecule has 0 N–H and O–H groups in total. The van der Waals surface area contributed by atoms with Gasteiger partial charge in [-0.3, -0.25) is 4.79 Å². The van der Waals surface area contributed by atoms with Crippen LogP contribution in [0.4, 0.5) is 13.2 Å². The van der Waals surface area contributed by atoms with Gasteiger partial charge in [0.2, 0.25) is 0 Å². The molecule has 0 fully saturated rings. The van der Waals surface area contributed by atoms with E-state index in [4.69, 9.17) is 0 Å². The van der Waals surface area contributed by atoms with Gasteiger partial charge in [-0.05, 0) is 18.2 Å². The van der Waals surface area contributed by atoms with Gasteiger partial charge in [-0.15, -0.1) is 0 Å². The Morgan fingerprint density at radius 2 is 1.94 bits per heavy atom. The topological polar surface area (TPSA) is 60.4 Å². The minimum absolute atomic E-state index is 0.484. The summed E-state index contributed by atoms with van der Waals surface area (Å²) in [6.45, 7) is 0. The number of hydrogen-bond donors (Lipinski definition) is 0. The molecule has 100 valence electrons. The second-order valence-electron chi connectivity index (χ2n) is 3.36. The van der Waals surface area contributed by atoms with Crippen molar-refractivity contribution in [2.75, 3.05) is 12.9 Å². The molecule has 18 heavy (non-hydrogen) atoms. The number of hydrogen-bond acceptors (Lipinski definition) is 4. The summed E-state index contributed by atoms with van der Waals surface area (Å²) in [5.41, 5.74) is -1.09. The van der Waals surface area contributed by atoms with Crippen molar-refractivity contribution in [1.82, 2.24) is 0 Å². The first-order valence-corrected chi connectivity index (χ1v) is 6.29. The van der Waals surface area contributed by atoms with E-state index >= 15 is 0 Å². The van der Waals surface area contributed by atoms with Gasteiger partial charge in [0.05, 0.1) is 17.6 Å². The normalized spacial score (nSPS) is 12.2. The standard InChI is InChI=1S/C10H9F3O4S/c1-17-9(14)6-18(15,16)8-4-2-3-7(5-8)10(11,12)13/h2-5H,6H2,1H3. The van der Waals surface area contributed by atoms with Crippen molar-refractivity contribution in [3.63, 3.8) is 0 Å². The van der Waals surface area contributed by atoms with E-state index in [-0.39, 0.29) is 0 Å². The Bertz CT molecular complexity index is 548. The lowest BCUT2D eigenvalue weighted by molar-refractivity contribution is -0.138. The van der Waals surface area contributed by atoms with Crippen LogP contribution in [0.3, 0.4) is 0 Å². The third-order valence-corrected chi connectivity index (χ3v) is 3.64. The molecule has 0 aliphatic carbocycles. The van der Waals surface area contributed by atoms with E-state index in [9.17, 15) is 26.4 Å². The fraction of sp³-hybridized carbons (Fsp3) is 0.300. The van der Waals surface area contributed by atoms with Crippen LogP contribution in [0.5, 0.6) is 0 Å². The first-order valence-electron chi connectivity index (χ1n) is 4.63. The van der Waals surface area contributed by atoms with Gasteiger partial charge >= 0.3 is 12.1 Å². The van der Waals surface area contributed by atoms with Crippen molar-refractivity contribution >= 4 is 15.8 Å². The Morgan fingerprint density at radius 1 is 1.33 bits per heavy atom. The summed E-state index contributed by atoms with van der Waals surface area (Å²) >= 11 is 0. The molecule has 0 heterocycles. The molecule has 8 heteroatoms. The summed E-state index contributed by atoms with van der Waals surface area (Å²) in [5.74, 6) is -2.03. The minimum Gasteiger partial charge on any atom is -0.468 e. The predicted molar refractivity (Wildman–Crippen MR) is 55.5 cm³/mol. The molecule has 4 nitrogen and oxygen atoms in total. The number of methoxy groups -OCH3 is 1. The zero-order valence-corrected chi connectivity index (χ0v) is 10.0. The SMILES string of the molecule is COC(=O)CS(=O)(=O)c1cccc(C(F)(F)F)c1. The maximum absolute atomic E-state index is 12.4. The molecule has 0 bridgehead atoms. The van der Waals surface area contributed by atoms with Crippen molar-refractivity contribution in [2.45, 2.75) is 11.1 Å². The molecule has 0 spiro atoms.